The number of piperidine rings is 1. The van der Waals surface area contributed by atoms with Crippen molar-refractivity contribution in [3.05, 3.63) is 0 Å². The fourth-order valence-corrected chi connectivity index (χ4v) is 4.50. The summed E-state index contributed by atoms with van der Waals surface area (Å²) >= 11 is 0. The highest BCUT2D eigenvalue weighted by Gasteiger charge is 2.29. The van der Waals surface area contributed by atoms with E-state index in [1.165, 1.54) is 6.42 Å². The molecule has 1 unspecified atom stereocenters. The molecule has 2 rings (SSSR count). The van der Waals surface area contributed by atoms with Gasteiger partial charge in [0.05, 0.1) is 0 Å². The van der Waals surface area contributed by atoms with E-state index in [-0.39, 0.29) is 6.04 Å². The van der Waals surface area contributed by atoms with Crippen molar-refractivity contribution in [2.24, 2.45) is 5.92 Å². The van der Waals surface area contributed by atoms with Crippen molar-refractivity contribution in [2.75, 3.05) is 13.1 Å². The van der Waals surface area contributed by atoms with Crippen LogP contribution >= 0.6 is 0 Å². The Hall–Kier alpha value is -0.130. The summed E-state index contributed by atoms with van der Waals surface area (Å²) in [4.78, 5) is 0. The van der Waals surface area contributed by atoms with Crippen LogP contribution in [0.4, 0.5) is 0 Å². The van der Waals surface area contributed by atoms with E-state index >= 15 is 0 Å². The first kappa shape index (κ1) is 13.3. The molecular weight excluding hydrogens is 236 g/mol. The van der Waals surface area contributed by atoms with Crippen LogP contribution in [0.3, 0.4) is 0 Å². The summed E-state index contributed by atoms with van der Waals surface area (Å²) in [5.41, 5.74) is 0. The molecule has 1 heterocycles. The van der Waals surface area contributed by atoms with Gasteiger partial charge < -0.3 is 0 Å². The number of nitrogens with one attached hydrogen (secondary N) is 1. The van der Waals surface area contributed by atoms with E-state index in [1.54, 1.807) is 4.31 Å². The van der Waals surface area contributed by atoms with Crippen molar-refractivity contribution in [2.45, 2.75) is 57.9 Å². The van der Waals surface area contributed by atoms with Crippen LogP contribution in [0.25, 0.3) is 0 Å². The maximum Gasteiger partial charge on any atom is 0.279 e. The van der Waals surface area contributed by atoms with Crippen LogP contribution in [0.2, 0.25) is 0 Å². The molecule has 1 N–H and O–H groups in total. The molecule has 5 heteroatoms. The highest BCUT2D eigenvalue weighted by atomic mass is 32.2. The topological polar surface area (TPSA) is 49.4 Å². The number of rotatable bonds is 3. The summed E-state index contributed by atoms with van der Waals surface area (Å²) < 4.78 is 28.9. The average Bonchev–Trinajstić information content (AvgIpc) is 2.30. The van der Waals surface area contributed by atoms with Gasteiger partial charge in [0.25, 0.3) is 10.2 Å². The average molecular weight is 260 g/mol. The third kappa shape index (κ3) is 3.66. The molecule has 0 amide bonds. The van der Waals surface area contributed by atoms with Gasteiger partial charge in [0.1, 0.15) is 0 Å². The largest absolute Gasteiger partial charge is 0.279 e. The Morgan fingerprint density at radius 2 is 1.76 bits per heavy atom. The second kappa shape index (κ2) is 5.67. The molecule has 0 aromatic rings. The van der Waals surface area contributed by atoms with Crippen LogP contribution in [-0.4, -0.2) is 31.9 Å². The molecule has 0 spiro atoms. The van der Waals surface area contributed by atoms with Gasteiger partial charge in [-0.25, -0.2) is 0 Å². The highest BCUT2D eigenvalue weighted by Crippen LogP contribution is 2.21. The molecule has 2 aliphatic rings. The van der Waals surface area contributed by atoms with E-state index < -0.39 is 10.2 Å². The molecule has 1 saturated carbocycles. The van der Waals surface area contributed by atoms with Crippen LogP contribution in [-0.2, 0) is 10.2 Å². The van der Waals surface area contributed by atoms with Crippen LogP contribution in [0, 0.1) is 5.92 Å². The van der Waals surface area contributed by atoms with Crippen molar-refractivity contribution in [3.63, 3.8) is 0 Å². The molecule has 4 nitrogen and oxygen atoms in total. The lowest BCUT2D eigenvalue weighted by atomic mass is 9.96. The molecular formula is C12H24N2O2S. The van der Waals surface area contributed by atoms with Gasteiger partial charge in [-0.3, -0.25) is 0 Å². The van der Waals surface area contributed by atoms with Crippen molar-refractivity contribution in [1.82, 2.24) is 9.03 Å². The lowest BCUT2D eigenvalue weighted by Crippen LogP contribution is -2.49. The third-order valence-corrected chi connectivity index (χ3v) is 5.52. The van der Waals surface area contributed by atoms with Gasteiger partial charge in [0, 0.05) is 19.1 Å². The molecule has 100 valence electrons. The second-order valence-electron chi connectivity index (χ2n) is 5.56. The Kier molecular flexibility index (Phi) is 4.44. The van der Waals surface area contributed by atoms with Crippen LogP contribution in [0.5, 0.6) is 0 Å². The summed E-state index contributed by atoms with van der Waals surface area (Å²) in [6.07, 6.45) is 7.71. The van der Waals surface area contributed by atoms with Crippen LogP contribution in [0.15, 0.2) is 0 Å². The number of nitrogens with zero attached hydrogens (tertiary/aromatic N) is 1. The molecule has 0 bridgehead atoms. The highest BCUT2D eigenvalue weighted by molar-refractivity contribution is 7.87. The van der Waals surface area contributed by atoms with E-state index in [0.29, 0.717) is 19.0 Å². The monoisotopic (exact) mass is 260 g/mol. The van der Waals surface area contributed by atoms with Gasteiger partial charge in [-0.1, -0.05) is 26.2 Å². The summed E-state index contributed by atoms with van der Waals surface area (Å²) in [5, 5.41) is 0. The maximum absolute atomic E-state index is 12.2. The summed E-state index contributed by atoms with van der Waals surface area (Å²) in [5.74, 6) is 0.492. The summed E-state index contributed by atoms with van der Waals surface area (Å²) in [7, 11) is -3.23. The molecule has 1 saturated heterocycles. The Morgan fingerprint density at radius 1 is 1.06 bits per heavy atom. The minimum atomic E-state index is -3.23. The Morgan fingerprint density at radius 3 is 2.41 bits per heavy atom. The van der Waals surface area contributed by atoms with Crippen molar-refractivity contribution in [3.8, 4) is 0 Å². The van der Waals surface area contributed by atoms with Gasteiger partial charge in [-0.2, -0.15) is 17.4 Å². The fourth-order valence-electron chi connectivity index (χ4n) is 2.87. The normalized spacial score (nSPS) is 29.4. The van der Waals surface area contributed by atoms with Crippen LogP contribution < -0.4 is 4.72 Å². The van der Waals surface area contributed by atoms with E-state index in [1.807, 2.05) is 0 Å². The van der Waals surface area contributed by atoms with Gasteiger partial charge in [-0.05, 0) is 31.6 Å². The van der Waals surface area contributed by atoms with E-state index in [2.05, 4.69) is 11.6 Å². The Balaban J connectivity index is 1.92. The molecule has 1 aliphatic carbocycles. The number of hydrogen-bond donors (Lipinski definition) is 1. The van der Waals surface area contributed by atoms with Gasteiger partial charge in [-0.15, -0.1) is 0 Å². The first-order chi connectivity index (χ1) is 8.08. The van der Waals surface area contributed by atoms with Crippen molar-refractivity contribution < 1.29 is 8.42 Å². The fraction of sp³-hybridized carbons (Fsp3) is 1.00. The molecule has 0 aromatic heterocycles. The lowest BCUT2D eigenvalue weighted by Gasteiger charge is -2.32. The third-order valence-electron chi connectivity index (χ3n) is 3.88. The van der Waals surface area contributed by atoms with Gasteiger partial charge >= 0.3 is 0 Å². The van der Waals surface area contributed by atoms with Crippen molar-refractivity contribution >= 4 is 10.2 Å². The molecule has 1 aliphatic heterocycles. The minimum absolute atomic E-state index is 0.172. The molecule has 17 heavy (non-hydrogen) atoms. The van der Waals surface area contributed by atoms with E-state index in [4.69, 9.17) is 0 Å². The molecule has 1 atom stereocenters. The van der Waals surface area contributed by atoms with Crippen LogP contribution in [0.1, 0.15) is 51.9 Å². The first-order valence-corrected chi connectivity index (χ1v) is 8.29. The first-order valence-electron chi connectivity index (χ1n) is 6.85. The lowest BCUT2D eigenvalue weighted by molar-refractivity contribution is 0.274. The van der Waals surface area contributed by atoms with E-state index in [0.717, 1.165) is 38.5 Å². The smallest absolute Gasteiger partial charge is 0.199 e. The Bertz CT molecular complexity index is 336. The maximum atomic E-state index is 12.2. The summed E-state index contributed by atoms with van der Waals surface area (Å²) in [6.45, 7) is 3.50. The SMILES string of the molecule is CC1CCCN(S(=O)(=O)NC2CCCCC2)C1. The van der Waals surface area contributed by atoms with Gasteiger partial charge in [0.15, 0.2) is 0 Å². The quantitative estimate of drug-likeness (QED) is 0.842. The zero-order valence-corrected chi connectivity index (χ0v) is 11.5. The molecule has 0 radical (unpaired) electrons. The Labute approximate surface area is 105 Å². The van der Waals surface area contributed by atoms with E-state index in [9.17, 15) is 8.42 Å². The molecule has 2 fully saturated rings. The zero-order valence-electron chi connectivity index (χ0n) is 10.7. The zero-order chi connectivity index (χ0) is 12.3. The summed E-state index contributed by atoms with van der Waals surface area (Å²) in [6, 6.07) is 0.172. The predicted octanol–water partition coefficient (Wildman–Crippen LogP) is 1.89. The molecule has 0 aromatic carbocycles. The second-order valence-corrected chi connectivity index (χ2v) is 7.27. The van der Waals surface area contributed by atoms with Crippen molar-refractivity contribution in [1.29, 1.82) is 0 Å². The standard InChI is InChI=1S/C12H24N2O2S/c1-11-6-5-9-14(10-11)17(15,16)13-12-7-3-2-4-8-12/h11-13H,2-10H2,1H3. The minimum Gasteiger partial charge on any atom is -0.199 e. The van der Waals surface area contributed by atoms with Gasteiger partial charge in [0.2, 0.25) is 0 Å². The number of hydrogen-bond acceptors (Lipinski definition) is 2. The predicted molar refractivity (Wildman–Crippen MR) is 68.9 cm³/mol.